The first-order valence-corrected chi connectivity index (χ1v) is 7.15. The molecule has 0 aliphatic carbocycles. The van der Waals surface area contributed by atoms with E-state index in [4.69, 9.17) is 15.2 Å². The summed E-state index contributed by atoms with van der Waals surface area (Å²) >= 11 is 0. The molecule has 2 N–H and O–H groups in total. The zero-order valence-corrected chi connectivity index (χ0v) is 12.4. The Morgan fingerprint density at radius 1 is 1.55 bits per heavy atom. The highest BCUT2D eigenvalue weighted by atomic mass is 16.5. The summed E-state index contributed by atoms with van der Waals surface area (Å²) in [6.45, 7) is 7.65. The van der Waals surface area contributed by atoms with E-state index >= 15 is 0 Å². The number of aromatic nitrogens is 2. The summed E-state index contributed by atoms with van der Waals surface area (Å²) in [5.74, 6) is 1.20. The molecule has 1 saturated heterocycles. The normalized spacial score (nSPS) is 17.9. The minimum absolute atomic E-state index is 0.203. The molecule has 1 atom stereocenters. The molecule has 1 aromatic heterocycles. The van der Waals surface area contributed by atoms with Crippen molar-refractivity contribution in [3.05, 3.63) is 11.5 Å². The fraction of sp³-hybridized carbons (Fsp3) is 0.714. The first-order chi connectivity index (χ1) is 9.56. The van der Waals surface area contributed by atoms with Gasteiger partial charge in [0, 0.05) is 19.3 Å². The van der Waals surface area contributed by atoms with Crippen LogP contribution in [0.2, 0.25) is 0 Å². The highest BCUT2D eigenvalue weighted by molar-refractivity contribution is 5.92. The Hall–Kier alpha value is -1.56. The van der Waals surface area contributed by atoms with E-state index in [-0.39, 0.29) is 11.7 Å². The van der Waals surface area contributed by atoms with Gasteiger partial charge < -0.3 is 19.8 Å². The molecule has 1 fully saturated rings. The van der Waals surface area contributed by atoms with Gasteiger partial charge in [0.25, 0.3) is 0 Å². The average molecular weight is 281 g/mol. The molecule has 0 saturated carbocycles. The number of imidazole rings is 1. The molecule has 0 radical (unpaired) electrons. The van der Waals surface area contributed by atoms with Crippen LogP contribution in [-0.4, -0.2) is 35.3 Å². The van der Waals surface area contributed by atoms with Crippen LogP contribution in [0.15, 0.2) is 0 Å². The number of rotatable bonds is 4. The minimum Gasteiger partial charge on any atom is -0.461 e. The Labute approximate surface area is 119 Å². The molecule has 1 aliphatic heterocycles. The van der Waals surface area contributed by atoms with Gasteiger partial charge in [-0.2, -0.15) is 0 Å². The van der Waals surface area contributed by atoms with Crippen LogP contribution in [0.5, 0.6) is 0 Å². The quantitative estimate of drug-likeness (QED) is 0.853. The Kier molecular flexibility index (Phi) is 4.65. The smallest absolute Gasteiger partial charge is 0.360 e. The summed E-state index contributed by atoms with van der Waals surface area (Å²) in [6.07, 6.45) is 2.01. The first kappa shape index (κ1) is 14.8. The molecular formula is C14H23N3O3. The first-order valence-electron chi connectivity index (χ1n) is 7.15. The number of ether oxygens (including phenoxy) is 2. The van der Waals surface area contributed by atoms with E-state index < -0.39 is 5.97 Å². The fourth-order valence-electron chi connectivity index (χ4n) is 2.83. The van der Waals surface area contributed by atoms with Crippen molar-refractivity contribution in [1.82, 2.24) is 9.55 Å². The van der Waals surface area contributed by atoms with Gasteiger partial charge in [0.05, 0.1) is 6.61 Å². The monoisotopic (exact) mass is 281 g/mol. The van der Waals surface area contributed by atoms with Crippen molar-refractivity contribution < 1.29 is 14.3 Å². The van der Waals surface area contributed by atoms with Gasteiger partial charge in [-0.05, 0) is 39.5 Å². The van der Waals surface area contributed by atoms with Crippen LogP contribution in [-0.2, 0) is 9.47 Å². The predicted octanol–water partition coefficient (Wildman–Crippen LogP) is 1.94. The fourth-order valence-corrected chi connectivity index (χ4v) is 2.83. The van der Waals surface area contributed by atoms with E-state index in [0.29, 0.717) is 18.3 Å². The number of nitrogens with two attached hydrogens (primary N) is 1. The summed E-state index contributed by atoms with van der Waals surface area (Å²) in [5.41, 5.74) is 6.34. The van der Waals surface area contributed by atoms with E-state index in [1.807, 2.05) is 11.5 Å². The lowest BCUT2D eigenvalue weighted by molar-refractivity contribution is 0.0507. The van der Waals surface area contributed by atoms with E-state index in [0.717, 1.165) is 31.9 Å². The number of esters is 1. The number of hydrogen-bond acceptors (Lipinski definition) is 5. The van der Waals surface area contributed by atoms with Gasteiger partial charge in [0.15, 0.2) is 5.69 Å². The second-order valence-electron chi connectivity index (χ2n) is 5.17. The van der Waals surface area contributed by atoms with Crippen LogP contribution in [0.1, 0.15) is 49.0 Å². The molecule has 112 valence electrons. The lowest BCUT2D eigenvalue weighted by atomic mass is 9.92. The van der Waals surface area contributed by atoms with Gasteiger partial charge in [-0.15, -0.1) is 0 Å². The highest BCUT2D eigenvalue weighted by Gasteiger charge is 2.27. The van der Waals surface area contributed by atoms with Gasteiger partial charge in [0.1, 0.15) is 11.6 Å². The van der Waals surface area contributed by atoms with Crippen LogP contribution in [0.4, 0.5) is 5.82 Å². The number of nitrogen functional groups attached to an aromatic ring is 1. The summed E-state index contributed by atoms with van der Waals surface area (Å²) in [4.78, 5) is 16.1. The van der Waals surface area contributed by atoms with Crippen molar-refractivity contribution in [2.75, 3.05) is 25.6 Å². The Morgan fingerprint density at radius 2 is 2.20 bits per heavy atom. The SMILES string of the molecule is CCOC(=O)c1nc(C)n(C(C)C2CCOCC2)c1N. The van der Waals surface area contributed by atoms with Crippen LogP contribution in [0, 0.1) is 12.8 Å². The average Bonchev–Trinajstić information content (AvgIpc) is 2.75. The number of hydrogen-bond donors (Lipinski definition) is 1. The van der Waals surface area contributed by atoms with Crippen molar-refractivity contribution in [2.24, 2.45) is 5.92 Å². The van der Waals surface area contributed by atoms with Crippen molar-refractivity contribution in [3.63, 3.8) is 0 Å². The van der Waals surface area contributed by atoms with E-state index in [1.54, 1.807) is 6.92 Å². The Bertz CT molecular complexity index is 478. The van der Waals surface area contributed by atoms with Crippen LogP contribution in [0.25, 0.3) is 0 Å². The van der Waals surface area contributed by atoms with Gasteiger partial charge in [-0.3, -0.25) is 0 Å². The van der Waals surface area contributed by atoms with Gasteiger partial charge in [-0.25, -0.2) is 9.78 Å². The van der Waals surface area contributed by atoms with E-state index in [1.165, 1.54) is 0 Å². The Balaban J connectivity index is 2.25. The van der Waals surface area contributed by atoms with E-state index in [2.05, 4.69) is 11.9 Å². The third-order valence-electron chi connectivity index (χ3n) is 3.95. The summed E-state index contributed by atoms with van der Waals surface area (Å²) in [6, 6.07) is 0.203. The van der Waals surface area contributed by atoms with Crippen molar-refractivity contribution in [3.8, 4) is 0 Å². The van der Waals surface area contributed by atoms with Gasteiger partial charge in [0.2, 0.25) is 0 Å². The number of carbonyl (C=O) groups excluding carboxylic acids is 1. The molecule has 0 spiro atoms. The third-order valence-corrected chi connectivity index (χ3v) is 3.95. The maximum Gasteiger partial charge on any atom is 0.360 e. The summed E-state index contributed by atoms with van der Waals surface area (Å²) in [7, 11) is 0. The van der Waals surface area contributed by atoms with Crippen LogP contribution < -0.4 is 5.73 Å². The second-order valence-corrected chi connectivity index (χ2v) is 5.17. The minimum atomic E-state index is -0.453. The number of aryl methyl sites for hydroxylation is 1. The lowest BCUT2D eigenvalue weighted by Crippen LogP contribution is -2.25. The molecule has 2 rings (SSSR count). The lowest BCUT2D eigenvalue weighted by Gasteiger charge is -2.29. The second kappa shape index (κ2) is 6.26. The number of carbonyl (C=O) groups is 1. The Morgan fingerprint density at radius 3 is 2.80 bits per heavy atom. The predicted molar refractivity (Wildman–Crippen MR) is 75.6 cm³/mol. The van der Waals surface area contributed by atoms with Gasteiger partial charge in [-0.1, -0.05) is 0 Å². The molecule has 0 amide bonds. The van der Waals surface area contributed by atoms with Crippen molar-refractivity contribution >= 4 is 11.8 Å². The maximum atomic E-state index is 11.8. The number of nitrogens with zero attached hydrogens (tertiary/aromatic N) is 2. The standard InChI is InChI=1S/C14H23N3O3/c1-4-20-14(18)12-13(15)17(10(3)16-12)9(2)11-5-7-19-8-6-11/h9,11H,4-8,15H2,1-3H3. The molecule has 20 heavy (non-hydrogen) atoms. The molecular weight excluding hydrogens is 258 g/mol. The third kappa shape index (κ3) is 2.80. The largest absolute Gasteiger partial charge is 0.461 e. The maximum absolute atomic E-state index is 11.8. The van der Waals surface area contributed by atoms with Crippen molar-refractivity contribution in [1.29, 1.82) is 0 Å². The highest BCUT2D eigenvalue weighted by Crippen LogP contribution is 2.31. The van der Waals surface area contributed by atoms with Crippen LogP contribution >= 0.6 is 0 Å². The van der Waals surface area contributed by atoms with E-state index in [9.17, 15) is 4.79 Å². The van der Waals surface area contributed by atoms with Gasteiger partial charge >= 0.3 is 5.97 Å². The molecule has 6 heteroatoms. The molecule has 1 aliphatic rings. The molecule has 2 heterocycles. The topological polar surface area (TPSA) is 79.4 Å². The van der Waals surface area contributed by atoms with Crippen molar-refractivity contribution in [2.45, 2.75) is 39.7 Å². The molecule has 0 bridgehead atoms. The molecule has 1 aromatic rings. The zero-order valence-electron chi connectivity index (χ0n) is 12.4. The molecule has 0 aromatic carbocycles. The number of anilines is 1. The summed E-state index contributed by atoms with van der Waals surface area (Å²) < 4.78 is 12.3. The molecule has 1 unspecified atom stereocenters. The summed E-state index contributed by atoms with van der Waals surface area (Å²) in [5, 5.41) is 0. The van der Waals surface area contributed by atoms with Crippen LogP contribution in [0.3, 0.4) is 0 Å². The molecule has 6 nitrogen and oxygen atoms in total. The zero-order chi connectivity index (χ0) is 14.7.